The maximum atomic E-state index is 6.37. The zero-order valence-electron chi connectivity index (χ0n) is 12.6. The smallest absolute Gasteiger partial charge is 0.117 e. The van der Waals surface area contributed by atoms with Gasteiger partial charge in [-0.3, -0.25) is 0 Å². The molecule has 0 saturated carbocycles. The molecule has 0 N–H and O–H groups in total. The van der Waals surface area contributed by atoms with E-state index in [0.29, 0.717) is 5.92 Å². The molecule has 2 heterocycles. The molecule has 1 atom stereocenters. The van der Waals surface area contributed by atoms with E-state index < -0.39 is 0 Å². The highest BCUT2D eigenvalue weighted by atomic mass is 32.1. The topological polar surface area (TPSA) is 12.5 Å². The zero-order chi connectivity index (χ0) is 14.6. The SMILES string of the molecule is CC(COC(C)(c1ccsc1)c1ccsc1)CN(C)C. The quantitative estimate of drug-likeness (QED) is 0.756. The van der Waals surface area contributed by atoms with E-state index in [9.17, 15) is 0 Å². The van der Waals surface area contributed by atoms with Crippen LogP contribution in [0, 0.1) is 5.92 Å². The van der Waals surface area contributed by atoms with E-state index >= 15 is 0 Å². The number of ether oxygens (including phenoxy) is 1. The lowest BCUT2D eigenvalue weighted by molar-refractivity contribution is -0.0235. The van der Waals surface area contributed by atoms with E-state index in [1.807, 2.05) is 0 Å². The van der Waals surface area contributed by atoms with Gasteiger partial charge in [-0.15, -0.1) is 0 Å². The number of rotatable bonds is 7. The van der Waals surface area contributed by atoms with Crippen LogP contribution in [0.4, 0.5) is 0 Å². The molecule has 0 fully saturated rings. The molecule has 4 heteroatoms. The van der Waals surface area contributed by atoms with Gasteiger partial charge in [0.1, 0.15) is 5.60 Å². The minimum atomic E-state index is -0.333. The van der Waals surface area contributed by atoms with E-state index in [2.05, 4.69) is 66.5 Å². The minimum absolute atomic E-state index is 0.333. The van der Waals surface area contributed by atoms with Crippen LogP contribution in [0.1, 0.15) is 25.0 Å². The lowest BCUT2D eigenvalue weighted by atomic mass is 9.92. The second-order valence-corrected chi connectivity index (χ2v) is 7.30. The van der Waals surface area contributed by atoms with Crippen molar-refractivity contribution in [3.8, 4) is 0 Å². The van der Waals surface area contributed by atoms with E-state index in [4.69, 9.17) is 4.74 Å². The second kappa shape index (κ2) is 6.85. The van der Waals surface area contributed by atoms with Crippen molar-refractivity contribution < 1.29 is 4.74 Å². The molecule has 2 rings (SSSR count). The van der Waals surface area contributed by atoms with Crippen molar-refractivity contribution >= 4 is 22.7 Å². The first-order valence-corrected chi connectivity index (χ1v) is 8.75. The number of hydrogen-bond acceptors (Lipinski definition) is 4. The Morgan fingerprint density at radius 3 is 2.10 bits per heavy atom. The number of hydrogen-bond donors (Lipinski definition) is 0. The Morgan fingerprint density at radius 2 is 1.70 bits per heavy atom. The molecule has 2 nitrogen and oxygen atoms in total. The highest BCUT2D eigenvalue weighted by molar-refractivity contribution is 7.08. The van der Waals surface area contributed by atoms with Crippen LogP contribution < -0.4 is 0 Å². The van der Waals surface area contributed by atoms with Crippen LogP contribution >= 0.6 is 22.7 Å². The van der Waals surface area contributed by atoms with Gasteiger partial charge in [-0.05, 0) is 71.7 Å². The van der Waals surface area contributed by atoms with Crippen molar-refractivity contribution in [1.82, 2.24) is 4.90 Å². The van der Waals surface area contributed by atoms with Crippen LogP contribution in [0.15, 0.2) is 33.7 Å². The van der Waals surface area contributed by atoms with Crippen molar-refractivity contribution in [2.24, 2.45) is 5.92 Å². The normalized spacial score (nSPS) is 13.8. The molecule has 1 unspecified atom stereocenters. The first kappa shape index (κ1) is 15.7. The van der Waals surface area contributed by atoms with Crippen molar-refractivity contribution in [3.05, 3.63) is 44.8 Å². The highest BCUT2D eigenvalue weighted by Gasteiger charge is 2.31. The zero-order valence-corrected chi connectivity index (χ0v) is 14.3. The third kappa shape index (κ3) is 3.70. The van der Waals surface area contributed by atoms with Crippen molar-refractivity contribution in [2.45, 2.75) is 19.4 Å². The summed E-state index contributed by atoms with van der Waals surface area (Å²) in [5.74, 6) is 0.515. The summed E-state index contributed by atoms with van der Waals surface area (Å²) in [6.07, 6.45) is 0. The fourth-order valence-corrected chi connectivity index (χ4v) is 3.90. The predicted molar refractivity (Wildman–Crippen MR) is 88.8 cm³/mol. The molecule has 2 aromatic rings. The summed E-state index contributed by atoms with van der Waals surface area (Å²) in [6.45, 7) is 6.23. The van der Waals surface area contributed by atoms with E-state index in [0.717, 1.165) is 13.2 Å². The molecule has 0 aliphatic carbocycles. The Kier molecular flexibility index (Phi) is 5.38. The molecule has 0 aliphatic rings. The molecule has 0 aromatic carbocycles. The van der Waals surface area contributed by atoms with E-state index in [1.165, 1.54) is 11.1 Å². The van der Waals surface area contributed by atoms with Crippen LogP contribution in [0.5, 0.6) is 0 Å². The summed E-state index contributed by atoms with van der Waals surface area (Å²) < 4.78 is 6.37. The summed E-state index contributed by atoms with van der Waals surface area (Å²) in [5, 5.41) is 8.61. The Labute approximate surface area is 130 Å². The van der Waals surface area contributed by atoms with Crippen LogP contribution in [-0.4, -0.2) is 32.1 Å². The third-order valence-electron chi connectivity index (χ3n) is 3.48. The Bertz CT molecular complexity index is 456. The summed E-state index contributed by atoms with van der Waals surface area (Å²) >= 11 is 3.45. The molecule has 0 aliphatic heterocycles. The summed E-state index contributed by atoms with van der Waals surface area (Å²) in [4.78, 5) is 2.21. The monoisotopic (exact) mass is 309 g/mol. The van der Waals surface area contributed by atoms with Crippen LogP contribution in [-0.2, 0) is 10.3 Å². The van der Waals surface area contributed by atoms with Crippen molar-refractivity contribution in [3.63, 3.8) is 0 Å². The van der Waals surface area contributed by atoms with Gasteiger partial charge in [-0.1, -0.05) is 6.92 Å². The largest absolute Gasteiger partial charge is 0.365 e. The van der Waals surface area contributed by atoms with Gasteiger partial charge in [0.25, 0.3) is 0 Å². The van der Waals surface area contributed by atoms with Gasteiger partial charge in [0.2, 0.25) is 0 Å². The van der Waals surface area contributed by atoms with Gasteiger partial charge >= 0.3 is 0 Å². The van der Waals surface area contributed by atoms with Crippen molar-refractivity contribution in [1.29, 1.82) is 0 Å². The first-order chi connectivity index (χ1) is 9.52. The van der Waals surface area contributed by atoms with E-state index in [1.54, 1.807) is 22.7 Å². The van der Waals surface area contributed by atoms with Gasteiger partial charge in [-0.2, -0.15) is 22.7 Å². The van der Waals surface area contributed by atoms with Crippen LogP contribution in [0.25, 0.3) is 0 Å². The highest BCUT2D eigenvalue weighted by Crippen LogP contribution is 2.36. The molecular weight excluding hydrogens is 286 g/mol. The summed E-state index contributed by atoms with van der Waals surface area (Å²) in [5.41, 5.74) is 2.16. The number of nitrogens with zero attached hydrogens (tertiary/aromatic N) is 1. The predicted octanol–water partition coefficient (Wildman–Crippen LogP) is 4.29. The molecule has 0 bridgehead atoms. The maximum absolute atomic E-state index is 6.37. The average molecular weight is 310 g/mol. The van der Waals surface area contributed by atoms with Gasteiger partial charge in [0.05, 0.1) is 6.61 Å². The minimum Gasteiger partial charge on any atom is -0.365 e. The lowest BCUT2D eigenvalue weighted by Crippen LogP contribution is -2.31. The maximum Gasteiger partial charge on any atom is 0.117 e. The first-order valence-electron chi connectivity index (χ1n) is 6.86. The Balaban J connectivity index is 2.13. The van der Waals surface area contributed by atoms with Gasteiger partial charge in [0, 0.05) is 6.54 Å². The molecule has 0 saturated heterocycles. The van der Waals surface area contributed by atoms with Gasteiger partial charge in [0.15, 0.2) is 0 Å². The third-order valence-corrected chi connectivity index (χ3v) is 4.84. The molecule has 0 radical (unpaired) electrons. The van der Waals surface area contributed by atoms with E-state index in [-0.39, 0.29) is 5.60 Å². The van der Waals surface area contributed by atoms with Crippen molar-refractivity contribution in [2.75, 3.05) is 27.2 Å². The summed E-state index contributed by atoms with van der Waals surface area (Å²) in [7, 11) is 4.21. The molecule has 20 heavy (non-hydrogen) atoms. The fourth-order valence-electron chi connectivity index (χ4n) is 2.39. The molecule has 0 amide bonds. The molecule has 2 aromatic heterocycles. The molecule has 110 valence electrons. The van der Waals surface area contributed by atoms with Crippen LogP contribution in [0.3, 0.4) is 0 Å². The van der Waals surface area contributed by atoms with Crippen LogP contribution in [0.2, 0.25) is 0 Å². The average Bonchev–Trinajstić information content (AvgIpc) is 3.07. The van der Waals surface area contributed by atoms with Gasteiger partial charge < -0.3 is 9.64 Å². The summed E-state index contributed by atoms with van der Waals surface area (Å²) in [6, 6.07) is 4.33. The Morgan fingerprint density at radius 1 is 1.15 bits per heavy atom. The molecule has 0 spiro atoms. The Hall–Kier alpha value is -0.680. The standard InChI is InChI=1S/C16H23NOS2/c1-13(9-17(3)4)10-18-16(2,14-5-7-19-11-14)15-6-8-20-12-15/h5-8,11-13H,9-10H2,1-4H3. The fraction of sp³-hybridized carbons (Fsp3) is 0.500. The second-order valence-electron chi connectivity index (χ2n) is 5.74. The lowest BCUT2D eigenvalue weighted by Gasteiger charge is -2.31. The van der Waals surface area contributed by atoms with Gasteiger partial charge in [-0.25, -0.2) is 0 Å². The molecular formula is C16H23NOS2. The number of thiophene rings is 2.